The number of carboxylic acids is 1. The molecule has 1 aromatic carbocycles. The molecule has 5 nitrogen and oxygen atoms in total. The van der Waals surface area contributed by atoms with Gasteiger partial charge < -0.3 is 5.11 Å². The Kier molecular flexibility index (Phi) is 3.70. The van der Waals surface area contributed by atoms with E-state index in [1.54, 1.807) is 35.7 Å². The molecule has 7 heteroatoms. The number of anilines is 1. The largest absolute Gasteiger partial charge is 0.481 e. The SMILES string of the molecule is Cc1csc(S(=O)(=O)Nc2ccc([C@@H]3C[C@H]3C(=O)O)cc2)c1. The van der Waals surface area contributed by atoms with Gasteiger partial charge >= 0.3 is 5.97 Å². The van der Waals surface area contributed by atoms with Gasteiger partial charge in [0.25, 0.3) is 10.0 Å². The van der Waals surface area contributed by atoms with E-state index < -0.39 is 16.0 Å². The number of rotatable bonds is 5. The third kappa shape index (κ3) is 3.00. The van der Waals surface area contributed by atoms with E-state index in [-0.39, 0.29) is 16.0 Å². The van der Waals surface area contributed by atoms with Crippen molar-refractivity contribution in [3.63, 3.8) is 0 Å². The highest BCUT2D eigenvalue weighted by Gasteiger charge is 2.44. The van der Waals surface area contributed by atoms with Gasteiger partial charge in [-0.3, -0.25) is 9.52 Å². The van der Waals surface area contributed by atoms with E-state index in [2.05, 4.69) is 4.72 Å². The molecule has 1 fully saturated rings. The zero-order chi connectivity index (χ0) is 15.9. The number of benzene rings is 1. The zero-order valence-electron chi connectivity index (χ0n) is 11.8. The van der Waals surface area contributed by atoms with Crippen LogP contribution in [0.1, 0.15) is 23.5 Å². The summed E-state index contributed by atoms with van der Waals surface area (Å²) in [5, 5.41) is 10.7. The Morgan fingerprint density at radius 3 is 2.50 bits per heavy atom. The van der Waals surface area contributed by atoms with E-state index in [4.69, 9.17) is 5.11 Å². The summed E-state index contributed by atoms with van der Waals surface area (Å²) in [5.74, 6) is -1.04. The fourth-order valence-corrected chi connectivity index (χ4v) is 4.67. The number of aryl methyl sites for hydroxylation is 1. The lowest BCUT2D eigenvalue weighted by atomic mass is 10.1. The first-order valence-electron chi connectivity index (χ1n) is 6.77. The van der Waals surface area contributed by atoms with Gasteiger partial charge in [0.1, 0.15) is 4.21 Å². The van der Waals surface area contributed by atoms with E-state index >= 15 is 0 Å². The second kappa shape index (κ2) is 5.40. The molecule has 0 bridgehead atoms. The molecule has 1 aliphatic rings. The van der Waals surface area contributed by atoms with Gasteiger partial charge in [-0.2, -0.15) is 0 Å². The molecular weight excluding hydrogens is 322 g/mol. The molecule has 1 aromatic heterocycles. The highest BCUT2D eigenvalue weighted by molar-refractivity contribution is 7.94. The second-order valence-corrected chi connectivity index (χ2v) is 8.28. The van der Waals surface area contributed by atoms with Crippen LogP contribution in [0.4, 0.5) is 5.69 Å². The molecule has 1 aliphatic carbocycles. The van der Waals surface area contributed by atoms with Crippen LogP contribution in [0.5, 0.6) is 0 Å². The molecular formula is C15H15NO4S2. The molecule has 2 aromatic rings. The van der Waals surface area contributed by atoms with Crippen LogP contribution in [0.3, 0.4) is 0 Å². The van der Waals surface area contributed by atoms with Crippen molar-refractivity contribution in [2.75, 3.05) is 4.72 Å². The molecule has 3 rings (SSSR count). The van der Waals surface area contributed by atoms with E-state index in [1.165, 1.54) is 11.3 Å². The van der Waals surface area contributed by atoms with Crippen LogP contribution in [0, 0.1) is 12.8 Å². The van der Waals surface area contributed by atoms with Gasteiger partial charge in [0.2, 0.25) is 0 Å². The number of nitrogens with one attached hydrogen (secondary N) is 1. The minimum atomic E-state index is -3.56. The van der Waals surface area contributed by atoms with Crippen LogP contribution >= 0.6 is 11.3 Å². The first-order valence-corrected chi connectivity index (χ1v) is 9.14. The topological polar surface area (TPSA) is 83.5 Å². The number of carboxylic acid groups (broad SMARTS) is 1. The maximum Gasteiger partial charge on any atom is 0.307 e. The first kappa shape index (κ1) is 15.1. The van der Waals surface area contributed by atoms with Crippen LogP contribution in [0.15, 0.2) is 39.9 Å². The number of hydrogen-bond donors (Lipinski definition) is 2. The fourth-order valence-electron chi connectivity index (χ4n) is 2.39. The van der Waals surface area contributed by atoms with Crippen LogP contribution in [0.25, 0.3) is 0 Å². The maximum absolute atomic E-state index is 12.2. The van der Waals surface area contributed by atoms with Gasteiger partial charge in [-0.15, -0.1) is 11.3 Å². The normalized spacial score (nSPS) is 20.6. The minimum Gasteiger partial charge on any atom is -0.481 e. The monoisotopic (exact) mass is 337 g/mol. The van der Waals surface area contributed by atoms with Gasteiger partial charge in [0.15, 0.2) is 0 Å². The van der Waals surface area contributed by atoms with E-state index in [9.17, 15) is 13.2 Å². The van der Waals surface area contributed by atoms with Crippen molar-refractivity contribution < 1.29 is 18.3 Å². The summed E-state index contributed by atoms with van der Waals surface area (Å²) in [4.78, 5) is 10.9. The Labute approximate surface area is 132 Å². The molecule has 1 saturated carbocycles. The number of hydrogen-bond acceptors (Lipinski definition) is 4. The van der Waals surface area contributed by atoms with Crippen molar-refractivity contribution in [2.45, 2.75) is 23.5 Å². The average Bonchev–Trinajstić information content (AvgIpc) is 3.14. The van der Waals surface area contributed by atoms with Gasteiger partial charge in [-0.05, 0) is 54.0 Å². The van der Waals surface area contributed by atoms with Crippen molar-refractivity contribution in [2.24, 2.45) is 5.92 Å². The average molecular weight is 337 g/mol. The van der Waals surface area contributed by atoms with Crippen LogP contribution in [-0.2, 0) is 14.8 Å². The smallest absolute Gasteiger partial charge is 0.307 e. The van der Waals surface area contributed by atoms with E-state index in [0.717, 1.165) is 11.1 Å². The van der Waals surface area contributed by atoms with Crippen molar-refractivity contribution in [3.05, 3.63) is 46.8 Å². The lowest BCUT2D eigenvalue weighted by Gasteiger charge is -2.07. The van der Waals surface area contributed by atoms with Crippen molar-refractivity contribution in [3.8, 4) is 0 Å². The molecule has 0 amide bonds. The number of aliphatic carboxylic acids is 1. The Bertz CT molecular complexity index is 808. The zero-order valence-corrected chi connectivity index (χ0v) is 13.4. The van der Waals surface area contributed by atoms with Crippen molar-refractivity contribution in [1.82, 2.24) is 0 Å². The third-order valence-corrected chi connectivity index (χ3v) is 6.61. The molecule has 116 valence electrons. The summed E-state index contributed by atoms with van der Waals surface area (Å²) in [6.07, 6.45) is 0.648. The van der Waals surface area contributed by atoms with E-state index in [0.29, 0.717) is 12.1 Å². The van der Waals surface area contributed by atoms with Crippen LogP contribution < -0.4 is 4.72 Å². The summed E-state index contributed by atoms with van der Waals surface area (Å²) in [6, 6.07) is 8.54. The molecule has 2 atom stereocenters. The van der Waals surface area contributed by atoms with Crippen molar-refractivity contribution >= 4 is 33.0 Å². The third-order valence-electron chi connectivity index (χ3n) is 3.67. The quantitative estimate of drug-likeness (QED) is 0.878. The standard InChI is InChI=1S/C15H15NO4S2/c1-9-6-14(21-8-9)22(19,20)16-11-4-2-10(3-5-11)12-7-13(12)15(17)18/h2-6,8,12-13,16H,7H2,1H3,(H,17,18)/t12-,13+/m0/s1. The molecule has 22 heavy (non-hydrogen) atoms. The van der Waals surface area contributed by atoms with E-state index in [1.807, 2.05) is 6.92 Å². The predicted molar refractivity (Wildman–Crippen MR) is 84.8 cm³/mol. The van der Waals surface area contributed by atoms with Crippen LogP contribution in [-0.4, -0.2) is 19.5 Å². The summed E-state index contributed by atoms with van der Waals surface area (Å²) < 4.78 is 27.2. The highest BCUT2D eigenvalue weighted by Crippen LogP contribution is 2.47. The lowest BCUT2D eigenvalue weighted by molar-refractivity contribution is -0.138. The molecule has 0 spiro atoms. The summed E-state index contributed by atoms with van der Waals surface area (Å²) in [7, 11) is -3.56. The second-order valence-electron chi connectivity index (χ2n) is 5.46. The summed E-state index contributed by atoms with van der Waals surface area (Å²) in [6.45, 7) is 1.85. The maximum atomic E-state index is 12.2. The highest BCUT2D eigenvalue weighted by atomic mass is 32.2. The number of sulfonamides is 1. The number of carbonyl (C=O) groups is 1. The molecule has 2 N–H and O–H groups in total. The summed E-state index contributed by atoms with van der Waals surface area (Å²) in [5.41, 5.74) is 2.32. The first-order chi connectivity index (χ1) is 10.4. The van der Waals surface area contributed by atoms with Crippen LogP contribution in [0.2, 0.25) is 0 Å². The molecule has 0 saturated heterocycles. The van der Waals surface area contributed by atoms with Gasteiger partial charge in [0, 0.05) is 5.69 Å². The number of thiophene rings is 1. The molecule has 0 unspecified atom stereocenters. The molecule has 1 heterocycles. The van der Waals surface area contributed by atoms with Gasteiger partial charge in [-0.25, -0.2) is 8.42 Å². The Hall–Kier alpha value is -1.86. The lowest BCUT2D eigenvalue weighted by Crippen LogP contribution is -2.11. The minimum absolute atomic E-state index is 0.0445. The molecule has 0 aliphatic heterocycles. The summed E-state index contributed by atoms with van der Waals surface area (Å²) >= 11 is 1.18. The van der Waals surface area contributed by atoms with Gasteiger partial charge in [-0.1, -0.05) is 12.1 Å². The fraction of sp³-hybridized carbons (Fsp3) is 0.267. The molecule has 0 radical (unpaired) electrons. The Morgan fingerprint density at radius 1 is 1.32 bits per heavy atom. The van der Waals surface area contributed by atoms with Gasteiger partial charge in [0.05, 0.1) is 5.92 Å². The predicted octanol–water partition coefficient (Wildman–Crippen LogP) is 3.05. The van der Waals surface area contributed by atoms with Crippen molar-refractivity contribution in [1.29, 1.82) is 0 Å². The Balaban J connectivity index is 1.73. The Morgan fingerprint density at radius 2 is 2.00 bits per heavy atom.